The third-order valence-electron chi connectivity index (χ3n) is 1.08. The summed E-state index contributed by atoms with van der Waals surface area (Å²) in [6, 6.07) is 4.77. The van der Waals surface area contributed by atoms with Crippen LogP contribution >= 0.6 is 7.60 Å². The van der Waals surface area contributed by atoms with Crippen molar-refractivity contribution >= 4 is 7.60 Å². The van der Waals surface area contributed by atoms with E-state index in [1.54, 1.807) is 0 Å². The molecule has 1 unspecified atom stereocenters. The van der Waals surface area contributed by atoms with Crippen molar-refractivity contribution in [2.75, 3.05) is 6.66 Å². The topological polar surface area (TPSA) is 49.4 Å². The van der Waals surface area contributed by atoms with Crippen LogP contribution in [0.25, 0.3) is 0 Å². The Kier molecular flexibility index (Phi) is 2.50. The summed E-state index contributed by atoms with van der Waals surface area (Å²) in [6.45, 7) is 0.955. The van der Waals surface area contributed by atoms with E-state index in [1.165, 1.54) is 12.1 Å². The number of hydrogen-bond acceptors (Lipinski definition) is 3. The lowest BCUT2D eigenvalue weighted by Crippen LogP contribution is -2.04. The fraction of sp³-hybridized carbons (Fsp3) is 0.143. The van der Waals surface area contributed by atoms with Gasteiger partial charge in [-0.3, -0.25) is 4.57 Å². The normalized spacial score (nSPS) is 15.2. The van der Waals surface area contributed by atoms with E-state index < -0.39 is 13.4 Å². The van der Waals surface area contributed by atoms with Crippen LogP contribution in [0, 0.1) is 5.82 Å². The van der Waals surface area contributed by atoms with E-state index in [-0.39, 0.29) is 5.75 Å². The van der Waals surface area contributed by atoms with E-state index in [0.29, 0.717) is 0 Å². The second-order valence-corrected chi connectivity index (χ2v) is 4.04. The van der Waals surface area contributed by atoms with E-state index in [1.807, 2.05) is 0 Å². The predicted octanol–water partition coefficient (Wildman–Crippen LogP) is 1.39. The summed E-state index contributed by atoms with van der Waals surface area (Å²) in [4.78, 5) is 10.6. The minimum Gasteiger partial charge on any atom is -0.769 e. The molecule has 0 aromatic heterocycles. The van der Waals surface area contributed by atoms with Crippen molar-refractivity contribution in [2.24, 2.45) is 0 Å². The van der Waals surface area contributed by atoms with Crippen LogP contribution in [0.15, 0.2) is 24.3 Å². The molecule has 0 spiro atoms. The fourth-order valence-corrected chi connectivity index (χ4v) is 1.19. The van der Waals surface area contributed by atoms with Gasteiger partial charge in [0, 0.05) is 6.66 Å². The zero-order chi connectivity index (χ0) is 9.19. The molecule has 5 heteroatoms. The van der Waals surface area contributed by atoms with Crippen LogP contribution in [0.2, 0.25) is 0 Å². The summed E-state index contributed by atoms with van der Waals surface area (Å²) in [5.74, 6) is -0.309. The molecule has 0 saturated heterocycles. The molecule has 1 atom stereocenters. The van der Waals surface area contributed by atoms with Gasteiger partial charge < -0.3 is 9.42 Å². The average Bonchev–Trinajstić information content (AvgIpc) is 1.91. The summed E-state index contributed by atoms with van der Waals surface area (Å²) in [6.07, 6.45) is 0. The molecule has 0 bridgehead atoms. The molecule has 1 aromatic carbocycles. The van der Waals surface area contributed by atoms with Crippen LogP contribution in [0.3, 0.4) is 0 Å². The molecule has 12 heavy (non-hydrogen) atoms. The molecule has 0 aliphatic heterocycles. The molecular formula is C7H7FO3P-. The van der Waals surface area contributed by atoms with Gasteiger partial charge in [0.1, 0.15) is 11.6 Å². The molecular weight excluding hydrogens is 182 g/mol. The summed E-state index contributed by atoms with van der Waals surface area (Å²) in [5.41, 5.74) is 0. The van der Waals surface area contributed by atoms with Crippen molar-refractivity contribution in [1.29, 1.82) is 0 Å². The van der Waals surface area contributed by atoms with E-state index in [2.05, 4.69) is 4.52 Å². The largest absolute Gasteiger partial charge is 0.769 e. The smallest absolute Gasteiger partial charge is 0.181 e. The highest BCUT2D eigenvalue weighted by atomic mass is 31.2. The molecule has 0 amide bonds. The van der Waals surface area contributed by atoms with Crippen molar-refractivity contribution in [1.82, 2.24) is 0 Å². The minimum atomic E-state index is -3.78. The van der Waals surface area contributed by atoms with Crippen molar-refractivity contribution < 1.29 is 18.4 Å². The maximum Gasteiger partial charge on any atom is 0.181 e. The van der Waals surface area contributed by atoms with Crippen LogP contribution in [-0.2, 0) is 4.57 Å². The Hall–Kier alpha value is -0.860. The zero-order valence-electron chi connectivity index (χ0n) is 6.36. The van der Waals surface area contributed by atoms with Crippen molar-refractivity contribution in [3.63, 3.8) is 0 Å². The standard InChI is InChI=1S/C7H8FO3P/c1-12(9,10)11-7-4-2-6(8)3-5-7/h2-5H,1H3,(H,9,10)/p-1. The first kappa shape index (κ1) is 9.23. The van der Waals surface area contributed by atoms with Gasteiger partial charge in [-0.15, -0.1) is 0 Å². The van der Waals surface area contributed by atoms with Gasteiger partial charge in [-0.05, 0) is 24.3 Å². The Labute approximate surface area is 69.3 Å². The maximum absolute atomic E-state index is 12.3. The number of halogens is 1. The number of hydrogen-bond donors (Lipinski definition) is 0. The van der Waals surface area contributed by atoms with Crippen LogP contribution in [0.1, 0.15) is 0 Å². The van der Waals surface area contributed by atoms with Crippen molar-refractivity contribution in [3.8, 4) is 5.75 Å². The predicted molar refractivity (Wildman–Crippen MR) is 40.6 cm³/mol. The van der Waals surface area contributed by atoms with Gasteiger partial charge in [0.15, 0.2) is 7.60 Å². The van der Waals surface area contributed by atoms with Crippen LogP contribution in [0.4, 0.5) is 4.39 Å². The molecule has 3 nitrogen and oxygen atoms in total. The Morgan fingerprint density at radius 3 is 2.33 bits per heavy atom. The Morgan fingerprint density at radius 1 is 1.42 bits per heavy atom. The quantitative estimate of drug-likeness (QED) is 0.660. The van der Waals surface area contributed by atoms with Crippen LogP contribution < -0.4 is 9.42 Å². The van der Waals surface area contributed by atoms with Gasteiger partial charge in [-0.25, -0.2) is 4.39 Å². The van der Waals surface area contributed by atoms with Gasteiger partial charge in [-0.1, -0.05) is 0 Å². The highest BCUT2D eigenvalue weighted by Gasteiger charge is 2.00. The molecule has 0 aliphatic carbocycles. The fourth-order valence-electron chi connectivity index (χ4n) is 0.687. The molecule has 0 saturated carbocycles. The third-order valence-corrected chi connectivity index (χ3v) is 1.63. The molecule has 66 valence electrons. The summed E-state index contributed by atoms with van der Waals surface area (Å²) < 4.78 is 27.4. The van der Waals surface area contributed by atoms with Crippen molar-refractivity contribution in [3.05, 3.63) is 30.1 Å². The van der Waals surface area contributed by atoms with E-state index in [4.69, 9.17) is 0 Å². The van der Waals surface area contributed by atoms with Crippen LogP contribution in [0.5, 0.6) is 5.75 Å². The number of benzene rings is 1. The molecule has 0 fully saturated rings. The Morgan fingerprint density at radius 2 is 1.92 bits per heavy atom. The second kappa shape index (κ2) is 3.25. The summed E-state index contributed by atoms with van der Waals surface area (Å²) in [5, 5.41) is 0. The monoisotopic (exact) mass is 189 g/mol. The van der Waals surface area contributed by atoms with Crippen LogP contribution in [-0.4, -0.2) is 6.66 Å². The average molecular weight is 189 g/mol. The lowest BCUT2D eigenvalue weighted by atomic mass is 10.3. The van der Waals surface area contributed by atoms with Gasteiger partial charge >= 0.3 is 0 Å². The molecule has 0 aliphatic rings. The highest BCUT2D eigenvalue weighted by Crippen LogP contribution is 2.33. The van der Waals surface area contributed by atoms with Gasteiger partial charge in [0.05, 0.1) is 0 Å². The maximum atomic E-state index is 12.3. The van der Waals surface area contributed by atoms with Gasteiger partial charge in [-0.2, -0.15) is 0 Å². The SMILES string of the molecule is CP(=O)([O-])Oc1ccc(F)cc1. The lowest BCUT2D eigenvalue weighted by molar-refractivity contribution is -0.188. The second-order valence-electron chi connectivity index (χ2n) is 2.32. The van der Waals surface area contributed by atoms with E-state index in [0.717, 1.165) is 18.8 Å². The summed E-state index contributed by atoms with van der Waals surface area (Å²) >= 11 is 0. The number of rotatable bonds is 2. The first-order chi connectivity index (χ1) is 5.47. The zero-order valence-corrected chi connectivity index (χ0v) is 7.25. The van der Waals surface area contributed by atoms with E-state index in [9.17, 15) is 13.8 Å². The molecule has 1 aromatic rings. The van der Waals surface area contributed by atoms with Gasteiger partial charge in [0.2, 0.25) is 0 Å². The Bertz CT molecular complexity index is 303. The van der Waals surface area contributed by atoms with Crippen molar-refractivity contribution in [2.45, 2.75) is 0 Å². The highest BCUT2D eigenvalue weighted by molar-refractivity contribution is 7.50. The van der Waals surface area contributed by atoms with E-state index >= 15 is 0 Å². The molecule has 1 rings (SSSR count). The minimum absolute atomic E-state index is 0.122. The Balaban J connectivity index is 2.78. The third kappa shape index (κ3) is 3.03. The summed E-state index contributed by atoms with van der Waals surface area (Å²) in [7, 11) is -3.78. The lowest BCUT2D eigenvalue weighted by Gasteiger charge is -2.18. The first-order valence-electron chi connectivity index (χ1n) is 3.21. The first-order valence-corrected chi connectivity index (χ1v) is 5.20. The van der Waals surface area contributed by atoms with Gasteiger partial charge in [0.25, 0.3) is 0 Å². The molecule has 0 heterocycles. The molecule has 0 radical (unpaired) electrons. The molecule has 0 N–H and O–H groups in total.